The predicted octanol–water partition coefficient (Wildman–Crippen LogP) is 3.03. The second-order valence-electron chi connectivity index (χ2n) is 6.22. The average Bonchev–Trinajstić information content (AvgIpc) is 2.57. The van der Waals surface area contributed by atoms with Crippen LogP contribution in [-0.2, 0) is 6.42 Å². The van der Waals surface area contributed by atoms with Gasteiger partial charge in [0.05, 0.1) is 7.11 Å². The zero-order valence-corrected chi connectivity index (χ0v) is 13.7. The molecule has 0 radical (unpaired) electrons. The monoisotopic (exact) mass is 298 g/mol. The van der Waals surface area contributed by atoms with Gasteiger partial charge in [-0.1, -0.05) is 30.3 Å². The molecule has 2 aromatic carbocycles. The van der Waals surface area contributed by atoms with Crippen molar-refractivity contribution in [2.24, 2.45) is 0 Å². The minimum absolute atomic E-state index is 0.971. The number of piperazine rings is 1. The summed E-state index contributed by atoms with van der Waals surface area (Å²) < 4.78 is 5.48. The maximum atomic E-state index is 5.48. The third-order valence-electron chi connectivity index (χ3n) is 4.71. The molecule has 3 rings (SSSR count). The van der Waals surface area contributed by atoms with Crippen molar-refractivity contribution in [3.63, 3.8) is 0 Å². The molecule has 3 heteroatoms. The Morgan fingerprint density at radius 1 is 0.955 bits per heavy atom. The number of hydrogen-bond acceptors (Lipinski definition) is 3. The fraction of sp³-hybridized carbons (Fsp3) is 0.474. The van der Waals surface area contributed by atoms with E-state index in [9.17, 15) is 0 Å². The molecule has 1 heterocycles. The number of likely N-dealkylation sites (N-methyl/N-ethyl adjacent to an activating group) is 1. The first kappa shape index (κ1) is 15.3. The van der Waals surface area contributed by atoms with E-state index in [4.69, 9.17) is 4.74 Å². The minimum atomic E-state index is 0.971. The van der Waals surface area contributed by atoms with Crippen LogP contribution in [0.15, 0.2) is 36.4 Å². The van der Waals surface area contributed by atoms with Gasteiger partial charge in [-0.2, -0.15) is 0 Å². The lowest BCUT2D eigenvalue weighted by molar-refractivity contribution is 0.153. The van der Waals surface area contributed by atoms with Crippen LogP contribution in [0.3, 0.4) is 0 Å². The molecule has 0 N–H and O–H groups in total. The van der Waals surface area contributed by atoms with E-state index in [1.807, 2.05) is 0 Å². The Morgan fingerprint density at radius 3 is 2.41 bits per heavy atom. The summed E-state index contributed by atoms with van der Waals surface area (Å²) >= 11 is 0. The van der Waals surface area contributed by atoms with Crippen molar-refractivity contribution in [1.82, 2.24) is 9.80 Å². The fourth-order valence-corrected chi connectivity index (χ4v) is 3.29. The molecule has 3 nitrogen and oxygen atoms in total. The van der Waals surface area contributed by atoms with Gasteiger partial charge in [-0.25, -0.2) is 0 Å². The van der Waals surface area contributed by atoms with Gasteiger partial charge in [-0.3, -0.25) is 0 Å². The first-order valence-corrected chi connectivity index (χ1v) is 8.23. The molecule has 0 aliphatic carbocycles. The molecule has 0 saturated carbocycles. The van der Waals surface area contributed by atoms with Crippen LogP contribution in [0.4, 0.5) is 0 Å². The number of fused-ring (bicyclic) bond motifs is 1. The SMILES string of the molecule is COc1ccc(CCCN2CCN(C)CC2)c2ccccc12. The number of rotatable bonds is 5. The van der Waals surface area contributed by atoms with E-state index < -0.39 is 0 Å². The third-order valence-corrected chi connectivity index (χ3v) is 4.71. The molecule has 0 unspecified atom stereocenters. The molecule has 0 spiro atoms. The average molecular weight is 298 g/mol. The van der Waals surface area contributed by atoms with Gasteiger partial charge < -0.3 is 14.5 Å². The van der Waals surface area contributed by atoms with Crippen LogP contribution in [-0.4, -0.2) is 56.7 Å². The van der Waals surface area contributed by atoms with E-state index in [-0.39, 0.29) is 0 Å². The van der Waals surface area contributed by atoms with Gasteiger partial charge in [0.25, 0.3) is 0 Å². The summed E-state index contributed by atoms with van der Waals surface area (Å²) in [6.45, 7) is 6.02. The van der Waals surface area contributed by atoms with Crippen LogP contribution in [0.5, 0.6) is 5.75 Å². The molecule has 2 aromatic rings. The summed E-state index contributed by atoms with van der Waals surface area (Å²) in [5.74, 6) is 0.971. The zero-order valence-electron chi connectivity index (χ0n) is 13.7. The van der Waals surface area contributed by atoms with Crippen LogP contribution < -0.4 is 4.74 Å². The highest BCUT2D eigenvalue weighted by Crippen LogP contribution is 2.28. The van der Waals surface area contributed by atoms with Gasteiger partial charge in [-0.15, -0.1) is 0 Å². The van der Waals surface area contributed by atoms with Crippen molar-refractivity contribution < 1.29 is 4.74 Å². The van der Waals surface area contributed by atoms with Crippen LogP contribution in [0.2, 0.25) is 0 Å². The topological polar surface area (TPSA) is 15.7 Å². The normalized spacial score (nSPS) is 17.0. The van der Waals surface area contributed by atoms with Crippen molar-refractivity contribution >= 4 is 10.8 Å². The predicted molar refractivity (Wildman–Crippen MR) is 92.8 cm³/mol. The molecule has 0 atom stereocenters. The maximum absolute atomic E-state index is 5.48. The largest absolute Gasteiger partial charge is 0.496 e. The maximum Gasteiger partial charge on any atom is 0.126 e. The summed E-state index contributed by atoms with van der Waals surface area (Å²) in [4.78, 5) is 5.00. The second kappa shape index (κ2) is 7.12. The number of hydrogen-bond donors (Lipinski definition) is 0. The number of methoxy groups -OCH3 is 1. The standard InChI is InChI=1S/C19H26N2O/c1-20-12-14-21(15-13-20)11-5-6-16-9-10-19(22-2)18-8-4-3-7-17(16)18/h3-4,7-10H,5-6,11-15H2,1-2H3. The Hall–Kier alpha value is -1.58. The molecule has 118 valence electrons. The molecule has 1 saturated heterocycles. The lowest BCUT2D eigenvalue weighted by atomic mass is 10.00. The smallest absolute Gasteiger partial charge is 0.126 e. The Kier molecular flexibility index (Phi) is 4.96. The Bertz CT molecular complexity index is 618. The van der Waals surface area contributed by atoms with Crippen molar-refractivity contribution in [1.29, 1.82) is 0 Å². The van der Waals surface area contributed by atoms with Gasteiger partial charge >= 0.3 is 0 Å². The van der Waals surface area contributed by atoms with E-state index in [0.29, 0.717) is 0 Å². The van der Waals surface area contributed by atoms with Crippen LogP contribution in [0, 0.1) is 0 Å². The highest BCUT2D eigenvalue weighted by atomic mass is 16.5. The molecule has 0 bridgehead atoms. The lowest BCUT2D eigenvalue weighted by Crippen LogP contribution is -2.44. The Labute approximate surface area is 133 Å². The van der Waals surface area contributed by atoms with Gasteiger partial charge in [0, 0.05) is 31.6 Å². The van der Waals surface area contributed by atoms with Crippen molar-refractivity contribution in [2.75, 3.05) is 46.9 Å². The summed E-state index contributed by atoms with van der Waals surface area (Å²) in [7, 11) is 3.95. The second-order valence-corrected chi connectivity index (χ2v) is 6.22. The van der Waals surface area contributed by atoms with Crippen LogP contribution in [0.1, 0.15) is 12.0 Å². The van der Waals surface area contributed by atoms with Crippen molar-refractivity contribution in [3.8, 4) is 5.75 Å². The fourth-order valence-electron chi connectivity index (χ4n) is 3.29. The van der Waals surface area contributed by atoms with Crippen LogP contribution >= 0.6 is 0 Å². The summed E-state index contributed by atoms with van der Waals surface area (Å²) in [6.07, 6.45) is 2.36. The van der Waals surface area contributed by atoms with E-state index in [1.165, 1.54) is 55.5 Å². The first-order valence-electron chi connectivity index (χ1n) is 8.23. The van der Waals surface area contributed by atoms with Crippen LogP contribution in [0.25, 0.3) is 10.8 Å². The lowest BCUT2D eigenvalue weighted by Gasteiger charge is -2.32. The first-order chi connectivity index (χ1) is 10.8. The summed E-state index contributed by atoms with van der Waals surface area (Å²) in [5, 5.41) is 2.56. The van der Waals surface area contributed by atoms with Crippen molar-refractivity contribution in [2.45, 2.75) is 12.8 Å². The summed E-state index contributed by atoms with van der Waals surface area (Å²) in [5.41, 5.74) is 1.44. The quantitative estimate of drug-likeness (QED) is 0.844. The Morgan fingerprint density at radius 2 is 1.68 bits per heavy atom. The number of ether oxygens (including phenoxy) is 1. The molecule has 22 heavy (non-hydrogen) atoms. The number of aryl methyl sites for hydroxylation is 1. The number of benzene rings is 2. The molecule has 1 aliphatic rings. The van der Waals surface area contributed by atoms with Gasteiger partial charge in [0.1, 0.15) is 5.75 Å². The van der Waals surface area contributed by atoms with Gasteiger partial charge in [0.2, 0.25) is 0 Å². The molecule has 0 aromatic heterocycles. The highest BCUT2D eigenvalue weighted by Gasteiger charge is 2.13. The van der Waals surface area contributed by atoms with E-state index >= 15 is 0 Å². The van der Waals surface area contributed by atoms with Crippen molar-refractivity contribution in [3.05, 3.63) is 42.0 Å². The van der Waals surface area contributed by atoms with E-state index in [0.717, 1.165) is 12.2 Å². The molecular weight excluding hydrogens is 272 g/mol. The zero-order chi connectivity index (χ0) is 15.4. The van der Waals surface area contributed by atoms with Gasteiger partial charge in [0.15, 0.2) is 0 Å². The van der Waals surface area contributed by atoms with E-state index in [2.05, 4.69) is 53.2 Å². The molecule has 1 fully saturated rings. The minimum Gasteiger partial charge on any atom is -0.496 e. The highest BCUT2D eigenvalue weighted by molar-refractivity contribution is 5.91. The summed E-state index contributed by atoms with van der Waals surface area (Å²) in [6, 6.07) is 12.9. The third kappa shape index (κ3) is 3.42. The number of nitrogens with zero attached hydrogens (tertiary/aromatic N) is 2. The van der Waals surface area contributed by atoms with Gasteiger partial charge in [-0.05, 0) is 43.5 Å². The molecule has 1 aliphatic heterocycles. The Balaban J connectivity index is 1.64. The van der Waals surface area contributed by atoms with E-state index in [1.54, 1.807) is 7.11 Å². The molecular formula is C19H26N2O. The molecule has 0 amide bonds.